The molecule has 1 aliphatic rings. The highest BCUT2D eigenvalue weighted by atomic mass is 32.2. The number of nitrogens with two attached hydrogens (primary N) is 1. The Kier molecular flexibility index (Phi) is 3.75. The molecule has 1 atom stereocenters. The summed E-state index contributed by atoms with van der Waals surface area (Å²) in [5, 5.41) is 3.90. The SMILES string of the molecule is Cc1c(N2CC(S(N)(=O)=O)CC2=O)cccc1C(F)(F)F. The molecular formula is C12H13F3N2O3S. The largest absolute Gasteiger partial charge is 0.416 e. The van der Waals surface area contributed by atoms with E-state index in [1.54, 1.807) is 0 Å². The Morgan fingerprint density at radius 2 is 1.95 bits per heavy atom. The summed E-state index contributed by atoms with van der Waals surface area (Å²) in [5.74, 6) is -0.559. The van der Waals surface area contributed by atoms with Crippen molar-refractivity contribution in [1.29, 1.82) is 0 Å². The maximum absolute atomic E-state index is 12.9. The van der Waals surface area contributed by atoms with Crippen LogP contribution in [0.2, 0.25) is 0 Å². The number of carbonyl (C=O) groups is 1. The molecular weight excluding hydrogens is 309 g/mol. The Balaban J connectivity index is 2.42. The van der Waals surface area contributed by atoms with Gasteiger partial charge in [-0.1, -0.05) is 6.07 Å². The molecule has 0 aromatic heterocycles. The van der Waals surface area contributed by atoms with Crippen molar-refractivity contribution in [2.45, 2.75) is 24.8 Å². The molecule has 1 saturated heterocycles. The van der Waals surface area contributed by atoms with E-state index >= 15 is 0 Å². The van der Waals surface area contributed by atoms with Gasteiger partial charge in [-0.2, -0.15) is 13.2 Å². The molecule has 2 rings (SSSR count). The fourth-order valence-electron chi connectivity index (χ4n) is 2.35. The summed E-state index contributed by atoms with van der Waals surface area (Å²) in [5.41, 5.74) is -0.916. The maximum atomic E-state index is 12.9. The first kappa shape index (κ1) is 15.8. The number of carbonyl (C=O) groups excluding carboxylic acids is 1. The fourth-order valence-corrected chi connectivity index (χ4v) is 3.08. The van der Waals surface area contributed by atoms with Gasteiger partial charge in [-0.25, -0.2) is 13.6 Å². The molecule has 0 spiro atoms. The van der Waals surface area contributed by atoms with Crippen molar-refractivity contribution in [2.75, 3.05) is 11.4 Å². The normalized spacial score (nSPS) is 20.1. The lowest BCUT2D eigenvalue weighted by molar-refractivity contribution is -0.138. The second kappa shape index (κ2) is 4.99. The van der Waals surface area contributed by atoms with Gasteiger partial charge in [0.1, 0.15) is 5.25 Å². The average Bonchev–Trinajstić information content (AvgIpc) is 2.70. The highest BCUT2D eigenvalue weighted by molar-refractivity contribution is 7.89. The van der Waals surface area contributed by atoms with Gasteiger partial charge in [-0.15, -0.1) is 0 Å². The molecule has 0 saturated carbocycles. The fraction of sp³-hybridized carbons (Fsp3) is 0.417. The first-order valence-electron chi connectivity index (χ1n) is 6.00. The minimum atomic E-state index is -4.54. The van der Waals surface area contributed by atoms with E-state index in [9.17, 15) is 26.4 Å². The molecule has 5 nitrogen and oxygen atoms in total. The summed E-state index contributed by atoms with van der Waals surface area (Å²) in [4.78, 5) is 12.9. The third kappa shape index (κ3) is 3.03. The summed E-state index contributed by atoms with van der Waals surface area (Å²) in [7, 11) is -3.91. The van der Waals surface area contributed by atoms with Gasteiger partial charge in [0.25, 0.3) is 0 Å². The van der Waals surface area contributed by atoms with E-state index in [-0.39, 0.29) is 24.2 Å². The predicted octanol–water partition coefficient (Wildman–Crippen LogP) is 1.41. The number of primary sulfonamides is 1. The number of alkyl halides is 3. The summed E-state index contributed by atoms with van der Waals surface area (Å²) in [6.07, 6.45) is -4.86. The Morgan fingerprint density at radius 1 is 1.33 bits per heavy atom. The lowest BCUT2D eigenvalue weighted by Crippen LogP contribution is -2.32. The van der Waals surface area contributed by atoms with Crippen molar-refractivity contribution < 1.29 is 26.4 Å². The van der Waals surface area contributed by atoms with Crippen molar-refractivity contribution in [3.8, 4) is 0 Å². The lowest BCUT2D eigenvalue weighted by Gasteiger charge is -2.21. The molecule has 0 bridgehead atoms. The van der Waals surface area contributed by atoms with Crippen molar-refractivity contribution in [3.63, 3.8) is 0 Å². The van der Waals surface area contributed by atoms with Gasteiger partial charge in [0.15, 0.2) is 0 Å². The third-order valence-electron chi connectivity index (χ3n) is 3.46. The van der Waals surface area contributed by atoms with Crippen molar-refractivity contribution >= 4 is 21.6 Å². The summed E-state index contributed by atoms with van der Waals surface area (Å²) in [6.45, 7) is 1.01. The number of sulfonamides is 1. The van der Waals surface area contributed by atoms with Crippen LogP contribution in [0.25, 0.3) is 0 Å². The van der Waals surface area contributed by atoms with E-state index in [0.29, 0.717) is 0 Å². The number of hydrogen-bond acceptors (Lipinski definition) is 3. The standard InChI is InChI=1S/C12H13F3N2O3S/c1-7-9(12(13,14)15)3-2-4-10(7)17-6-8(5-11(17)18)21(16,19)20/h2-4,8H,5-6H2,1H3,(H2,16,19,20). The molecule has 2 N–H and O–H groups in total. The van der Waals surface area contributed by atoms with Crippen LogP contribution in [0, 0.1) is 6.92 Å². The Hall–Kier alpha value is -1.61. The van der Waals surface area contributed by atoms with Crippen LogP contribution in [0.4, 0.5) is 18.9 Å². The molecule has 21 heavy (non-hydrogen) atoms. The number of amides is 1. The van der Waals surface area contributed by atoms with Gasteiger partial charge < -0.3 is 4.90 Å². The zero-order valence-corrected chi connectivity index (χ0v) is 11.8. The minimum absolute atomic E-state index is 0.0565. The topological polar surface area (TPSA) is 80.5 Å². The second-order valence-electron chi connectivity index (χ2n) is 4.87. The molecule has 9 heteroatoms. The van der Waals surface area contributed by atoms with Crippen LogP contribution in [0.1, 0.15) is 17.5 Å². The third-order valence-corrected chi connectivity index (χ3v) is 4.70. The van der Waals surface area contributed by atoms with Crippen LogP contribution in [0.3, 0.4) is 0 Å². The number of anilines is 1. The molecule has 1 aromatic rings. The molecule has 0 radical (unpaired) electrons. The van der Waals surface area contributed by atoms with E-state index < -0.39 is 32.9 Å². The molecule has 0 aliphatic carbocycles. The van der Waals surface area contributed by atoms with E-state index in [4.69, 9.17) is 5.14 Å². The van der Waals surface area contributed by atoms with E-state index in [0.717, 1.165) is 11.0 Å². The van der Waals surface area contributed by atoms with Crippen LogP contribution >= 0.6 is 0 Å². The highest BCUT2D eigenvalue weighted by Crippen LogP contribution is 2.37. The Labute approximate surface area is 119 Å². The molecule has 1 amide bonds. The number of rotatable bonds is 2. The number of nitrogens with zero attached hydrogens (tertiary/aromatic N) is 1. The van der Waals surface area contributed by atoms with Gasteiger partial charge in [-0.05, 0) is 24.6 Å². The Bertz CT molecular complexity index is 685. The number of benzene rings is 1. The number of halogens is 3. The lowest BCUT2D eigenvalue weighted by atomic mass is 10.1. The quantitative estimate of drug-likeness (QED) is 0.894. The molecule has 1 unspecified atom stereocenters. The molecule has 1 heterocycles. The van der Waals surface area contributed by atoms with Gasteiger partial charge in [0.2, 0.25) is 15.9 Å². The van der Waals surface area contributed by atoms with Crippen LogP contribution in [0.5, 0.6) is 0 Å². The summed E-state index contributed by atoms with van der Waals surface area (Å²) in [6, 6.07) is 3.45. The molecule has 116 valence electrons. The van der Waals surface area contributed by atoms with Crippen molar-refractivity contribution in [2.24, 2.45) is 5.14 Å². The van der Waals surface area contributed by atoms with Crippen molar-refractivity contribution in [3.05, 3.63) is 29.3 Å². The predicted molar refractivity (Wildman–Crippen MR) is 70.0 cm³/mol. The van der Waals surface area contributed by atoms with Gasteiger partial charge in [0.05, 0.1) is 5.56 Å². The van der Waals surface area contributed by atoms with Crippen LogP contribution in [-0.2, 0) is 21.0 Å². The molecule has 1 fully saturated rings. The average molecular weight is 322 g/mol. The van der Waals surface area contributed by atoms with Gasteiger partial charge in [-0.3, -0.25) is 4.79 Å². The van der Waals surface area contributed by atoms with Crippen LogP contribution in [0.15, 0.2) is 18.2 Å². The minimum Gasteiger partial charge on any atom is -0.311 e. The van der Waals surface area contributed by atoms with Gasteiger partial charge in [0, 0.05) is 18.7 Å². The van der Waals surface area contributed by atoms with E-state index in [1.807, 2.05) is 0 Å². The molecule has 1 aromatic carbocycles. The van der Waals surface area contributed by atoms with Crippen molar-refractivity contribution in [1.82, 2.24) is 0 Å². The van der Waals surface area contributed by atoms with Crippen LogP contribution in [-0.4, -0.2) is 26.1 Å². The zero-order valence-electron chi connectivity index (χ0n) is 11.0. The number of hydrogen-bond donors (Lipinski definition) is 1. The monoisotopic (exact) mass is 322 g/mol. The first-order chi connectivity index (χ1) is 9.51. The van der Waals surface area contributed by atoms with Crippen LogP contribution < -0.4 is 10.0 Å². The summed E-state index contributed by atoms with van der Waals surface area (Å²) < 4.78 is 61.2. The maximum Gasteiger partial charge on any atom is 0.416 e. The van der Waals surface area contributed by atoms with Gasteiger partial charge >= 0.3 is 6.18 Å². The smallest absolute Gasteiger partial charge is 0.311 e. The highest BCUT2D eigenvalue weighted by Gasteiger charge is 2.39. The first-order valence-corrected chi connectivity index (χ1v) is 7.61. The molecule has 1 aliphatic heterocycles. The summed E-state index contributed by atoms with van der Waals surface area (Å²) >= 11 is 0. The zero-order chi connectivity index (χ0) is 16.0. The van der Waals surface area contributed by atoms with E-state index in [1.165, 1.54) is 19.1 Å². The Morgan fingerprint density at radius 3 is 2.43 bits per heavy atom. The van der Waals surface area contributed by atoms with E-state index in [2.05, 4.69) is 0 Å². The second-order valence-corrected chi connectivity index (χ2v) is 6.71.